The molecule has 1 heterocycles. The van der Waals surface area contributed by atoms with Gasteiger partial charge in [0.05, 0.1) is 0 Å². The monoisotopic (exact) mass is 300 g/mol. The van der Waals surface area contributed by atoms with E-state index < -0.39 is 10.0 Å². The zero-order valence-electron chi connectivity index (χ0n) is 11.7. The van der Waals surface area contributed by atoms with Gasteiger partial charge in [0.25, 0.3) is 0 Å². The molecule has 0 aliphatic heterocycles. The fourth-order valence-corrected chi connectivity index (χ4v) is 3.16. The third-order valence-corrected chi connectivity index (χ3v) is 4.64. The van der Waals surface area contributed by atoms with Crippen molar-refractivity contribution in [1.29, 1.82) is 0 Å². The Morgan fingerprint density at radius 2 is 2.00 bits per heavy atom. The molecule has 1 aliphatic rings. The Morgan fingerprint density at radius 3 is 2.55 bits per heavy atom. The highest BCUT2D eigenvalue weighted by atomic mass is 32.2. The van der Waals surface area contributed by atoms with Crippen molar-refractivity contribution >= 4 is 21.7 Å². The second-order valence-electron chi connectivity index (χ2n) is 5.51. The molecule has 0 bridgehead atoms. The van der Waals surface area contributed by atoms with Crippen LogP contribution >= 0.6 is 0 Å². The molecule has 7 nitrogen and oxygen atoms in total. The number of carbonyl (C=O) groups excluding carboxylic acids is 1. The molecule has 2 rings (SSSR count). The van der Waals surface area contributed by atoms with Crippen LogP contribution in [0, 0.1) is 11.8 Å². The number of nitrogens with one attached hydrogen (secondary N) is 1. The first kappa shape index (κ1) is 15.0. The number of aryl methyl sites for hydroxylation is 1. The van der Waals surface area contributed by atoms with Gasteiger partial charge in [-0.25, -0.2) is 13.6 Å². The molecule has 0 aromatic carbocycles. The van der Waals surface area contributed by atoms with Crippen molar-refractivity contribution in [1.82, 2.24) is 9.78 Å². The van der Waals surface area contributed by atoms with E-state index in [0.717, 1.165) is 25.7 Å². The number of primary sulfonamides is 1. The molecule has 3 N–H and O–H groups in total. The van der Waals surface area contributed by atoms with Crippen molar-refractivity contribution in [2.75, 3.05) is 5.32 Å². The summed E-state index contributed by atoms with van der Waals surface area (Å²) in [6, 6.07) is 0. The van der Waals surface area contributed by atoms with E-state index >= 15 is 0 Å². The number of nitrogens with two attached hydrogens (primary N) is 1. The summed E-state index contributed by atoms with van der Waals surface area (Å²) >= 11 is 0. The summed E-state index contributed by atoms with van der Waals surface area (Å²) < 4.78 is 24.2. The lowest BCUT2D eigenvalue weighted by atomic mass is 9.82. The first-order valence-electron chi connectivity index (χ1n) is 6.64. The number of rotatable bonds is 3. The lowest BCUT2D eigenvalue weighted by Crippen LogP contribution is -2.27. The quantitative estimate of drug-likeness (QED) is 0.862. The first-order chi connectivity index (χ1) is 9.27. The smallest absolute Gasteiger partial charge is 0.243 e. The highest BCUT2D eigenvalue weighted by Gasteiger charge is 2.27. The molecule has 1 aromatic rings. The maximum atomic E-state index is 12.2. The maximum Gasteiger partial charge on any atom is 0.243 e. The lowest BCUT2D eigenvalue weighted by Gasteiger charge is -2.24. The van der Waals surface area contributed by atoms with Gasteiger partial charge in [-0.1, -0.05) is 6.92 Å². The minimum Gasteiger partial charge on any atom is -0.308 e. The maximum absolute atomic E-state index is 12.2. The molecule has 1 aromatic heterocycles. The van der Waals surface area contributed by atoms with Gasteiger partial charge in [0.1, 0.15) is 4.90 Å². The predicted molar refractivity (Wildman–Crippen MR) is 74.3 cm³/mol. The van der Waals surface area contributed by atoms with E-state index in [1.165, 1.54) is 10.9 Å². The zero-order chi connectivity index (χ0) is 14.9. The van der Waals surface area contributed by atoms with Gasteiger partial charge in [0, 0.05) is 19.2 Å². The third kappa shape index (κ3) is 3.37. The summed E-state index contributed by atoms with van der Waals surface area (Å²) in [5.41, 5.74) is 0. The second kappa shape index (κ2) is 5.53. The van der Waals surface area contributed by atoms with Crippen LogP contribution in [0.3, 0.4) is 0 Å². The minimum atomic E-state index is -3.90. The molecule has 0 radical (unpaired) electrons. The van der Waals surface area contributed by atoms with Crippen LogP contribution in [0.1, 0.15) is 32.6 Å². The second-order valence-corrected chi connectivity index (χ2v) is 7.04. The van der Waals surface area contributed by atoms with E-state index in [9.17, 15) is 13.2 Å². The van der Waals surface area contributed by atoms with Crippen LogP contribution in [0.15, 0.2) is 11.1 Å². The van der Waals surface area contributed by atoms with E-state index in [0.29, 0.717) is 5.92 Å². The standard InChI is InChI=1S/C12H20N4O3S/c1-8-3-5-9(6-4-8)12(17)14-11-10(20(13,18)19)7-16(2)15-11/h7-9H,3-6H2,1-2H3,(H2,13,18,19)(H,14,15,17). The Hall–Kier alpha value is -1.41. The molecule has 20 heavy (non-hydrogen) atoms. The Bertz CT molecular complexity index is 600. The van der Waals surface area contributed by atoms with Gasteiger partial charge in [0.2, 0.25) is 15.9 Å². The third-order valence-electron chi connectivity index (χ3n) is 3.73. The van der Waals surface area contributed by atoms with Crippen molar-refractivity contribution < 1.29 is 13.2 Å². The molecule has 1 amide bonds. The van der Waals surface area contributed by atoms with E-state index in [4.69, 9.17) is 5.14 Å². The van der Waals surface area contributed by atoms with Gasteiger partial charge in [-0.2, -0.15) is 5.10 Å². The lowest BCUT2D eigenvalue weighted by molar-refractivity contribution is -0.121. The molecule has 1 fully saturated rings. The van der Waals surface area contributed by atoms with Crippen molar-refractivity contribution in [3.8, 4) is 0 Å². The Labute approximate surface area is 118 Å². The Kier molecular flexibility index (Phi) is 4.14. The van der Waals surface area contributed by atoms with Gasteiger partial charge in [-0.3, -0.25) is 9.48 Å². The Morgan fingerprint density at radius 1 is 1.40 bits per heavy atom. The van der Waals surface area contributed by atoms with Crippen molar-refractivity contribution in [3.05, 3.63) is 6.20 Å². The van der Waals surface area contributed by atoms with E-state index in [-0.39, 0.29) is 22.5 Å². The fourth-order valence-electron chi connectivity index (χ4n) is 2.50. The van der Waals surface area contributed by atoms with Crippen LogP contribution in [0.4, 0.5) is 5.82 Å². The van der Waals surface area contributed by atoms with Gasteiger partial charge in [0.15, 0.2) is 5.82 Å². The molecule has 0 saturated heterocycles. The van der Waals surface area contributed by atoms with Crippen LogP contribution in [-0.2, 0) is 21.9 Å². The van der Waals surface area contributed by atoms with Crippen LogP contribution < -0.4 is 10.5 Å². The van der Waals surface area contributed by atoms with Gasteiger partial charge in [-0.15, -0.1) is 0 Å². The largest absolute Gasteiger partial charge is 0.308 e. The molecule has 1 saturated carbocycles. The fraction of sp³-hybridized carbons (Fsp3) is 0.667. The van der Waals surface area contributed by atoms with Crippen LogP contribution in [0.5, 0.6) is 0 Å². The molecule has 1 aliphatic carbocycles. The van der Waals surface area contributed by atoms with Crippen LogP contribution in [-0.4, -0.2) is 24.1 Å². The van der Waals surface area contributed by atoms with E-state index in [1.807, 2.05) is 0 Å². The van der Waals surface area contributed by atoms with Crippen LogP contribution in [0.25, 0.3) is 0 Å². The van der Waals surface area contributed by atoms with Gasteiger partial charge < -0.3 is 5.32 Å². The summed E-state index contributed by atoms with van der Waals surface area (Å²) in [7, 11) is -2.32. The Balaban J connectivity index is 2.12. The predicted octanol–water partition coefficient (Wildman–Crippen LogP) is 0.832. The normalized spacial score (nSPS) is 23.6. The van der Waals surface area contributed by atoms with Gasteiger partial charge >= 0.3 is 0 Å². The summed E-state index contributed by atoms with van der Waals surface area (Å²) in [4.78, 5) is 12.0. The first-order valence-corrected chi connectivity index (χ1v) is 8.19. The molecule has 8 heteroatoms. The summed E-state index contributed by atoms with van der Waals surface area (Å²) in [6.07, 6.45) is 4.97. The van der Waals surface area contributed by atoms with E-state index in [2.05, 4.69) is 17.3 Å². The number of anilines is 1. The minimum absolute atomic E-state index is 0.0126. The molecule has 0 spiro atoms. The average molecular weight is 300 g/mol. The number of aromatic nitrogens is 2. The summed E-state index contributed by atoms with van der Waals surface area (Å²) in [5.74, 6) is 0.398. The number of hydrogen-bond acceptors (Lipinski definition) is 4. The van der Waals surface area contributed by atoms with Crippen LogP contribution in [0.2, 0.25) is 0 Å². The molecule has 0 unspecified atom stereocenters. The summed E-state index contributed by atoms with van der Waals surface area (Å²) in [5, 5.41) is 11.7. The molecular weight excluding hydrogens is 280 g/mol. The summed E-state index contributed by atoms with van der Waals surface area (Å²) in [6.45, 7) is 2.17. The highest BCUT2D eigenvalue weighted by molar-refractivity contribution is 7.89. The molecular formula is C12H20N4O3S. The van der Waals surface area contributed by atoms with Gasteiger partial charge in [-0.05, 0) is 31.6 Å². The average Bonchev–Trinajstić information content (AvgIpc) is 2.71. The highest BCUT2D eigenvalue weighted by Crippen LogP contribution is 2.29. The number of carbonyl (C=O) groups is 1. The topological polar surface area (TPSA) is 107 Å². The number of hydrogen-bond donors (Lipinski definition) is 2. The van der Waals surface area contributed by atoms with E-state index in [1.54, 1.807) is 7.05 Å². The molecule has 112 valence electrons. The van der Waals surface area contributed by atoms with Crippen molar-refractivity contribution in [2.45, 2.75) is 37.5 Å². The zero-order valence-corrected chi connectivity index (χ0v) is 12.5. The number of nitrogens with zero attached hydrogens (tertiary/aromatic N) is 2. The molecule has 0 atom stereocenters. The SMILES string of the molecule is CC1CCC(C(=O)Nc2nn(C)cc2S(N)(=O)=O)CC1. The van der Waals surface area contributed by atoms with Crippen molar-refractivity contribution in [3.63, 3.8) is 0 Å². The number of sulfonamides is 1. The van der Waals surface area contributed by atoms with Crippen molar-refractivity contribution in [2.24, 2.45) is 24.0 Å². The number of amides is 1.